The highest BCUT2D eigenvalue weighted by molar-refractivity contribution is 6.04. The summed E-state index contributed by atoms with van der Waals surface area (Å²) in [5, 5.41) is 2.77. The molecule has 0 aliphatic heterocycles. The number of amides is 2. The van der Waals surface area contributed by atoms with Gasteiger partial charge in [-0.2, -0.15) is 0 Å². The monoisotopic (exact) mass is 381 g/mol. The van der Waals surface area contributed by atoms with Crippen molar-refractivity contribution in [3.8, 4) is 11.6 Å². The first-order valence-corrected chi connectivity index (χ1v) is 9.16. The first kappa shape index (κ1) is 19.3. The van der Waals surface area contributed by atoms with Gasteiger partial charge in [-0.3, -0.25) is 9.59 Å². The molecular weight excluding hydrogens is 358 g/mol. The van der Waals surface area contributed by atoms with Crippen LogP contribution in [0.1, 0.15) is 41.8 Å². The minimum atomic E-state index is -0.333. The second kappa shape index (κ2) is 8.51. The van der Waals surface area contributed by atoms with E-state index in [1.165, 1.54) is 24.5 Å². The molecule has 0 unspecified atom stereocenters. The molecule has 4 rings (SSSR count). The molecule has 8 nitrogen and oxygen atoms in total. The van der Waals surface area contributed by atoms with Gasteiger partial charge in [0.05, 0.1) is 11.8 Å². The minimum Gasteiger partial charge on any atom is -0.437 e. The highest BCUT2D eigenvalue weighted by atomic mass is 16.5. The summed E-state index contributed by atoms with van der Waals surface area (Å²) in [6.07, 6.45) is 6.61. The average Bonchev–Trinajstić information content (AvgIpc) is 3.27. The molecule has 0 atom stereocenters. The van der Waals surface area contributed by atoms with Gasteiger partial charge < -0.3 is 20.8 Å². The Kier molecular flexibility index (Phi) is 5.88. The molecule has 8 heteroatoms. The van der Waals surface area contributed by atoms with Crippen molar-refractivity contribution in [1.29, 1.82) is 0 Å². The zero-order chi connectivity index (χ0) is 20.1. The third-order valence-electron chi connectivity index (χ3n) is 4.23. The minimum absolute atomic E-state index is 0.173. The lowest BCUT2D eigenvalue weighted by Crippen LogP contribution is -2.22. The highest BCUT2D eigenvalue weighted by Gasteiger charge is 2.15. The predicted octanol–water partition coefficient (Wildman–Crippen LogP) is 2.48. The molecule has 0 saturated heterocycles. The molecule has 4 N–H and O–H groups in total. The van der Waals surface area contributed by atoms with E-state index in [9.17, 15) is 9.59 Å². The summed E-state index contributed by atoms with van der Waals surface area (Å²) < 4.78 is 5.86. The molecule has 2 heterocycles. The Hall–Kier alpha value is -3.42. The van der Waals surface area contributed by atoms with Gasteiger partial charge in [-0.25, -0.2) is 9.97 Å². The van der Waals surface area contributed by atoms with E-state index in [-0.39, 0.29) is 11.8 Å². The third-order valence-corrected chi connectivity index (χ3v) is 4.23. The van der Waals surface area contributed by atoms with Crippen LogP contribution in [0.4, 0.5) is 0 Å². The number of hydrogen-bond acceptors (Lipinski definition) is 5. The number of nitrogens with zero attached hydrogens (tertiary/aromatic N) is 2. The summed E-state index contributed by atoms with van der Waals surface area (Å²) in [4.78, 5) is 33.0. The van der Waals surface area contributed by atoms with Crippen molar-refractivity contribution in [2.45, 2.75) is 33.1 Å². The number of nitrogens with two attached hydrogens (primary N) is 1. The zero-order valence-corrected chi connectivity index (χ0v) is 15.9. The molecule has 0 fully saturated rings. The second-order valence-electron chi connectivity index (χ2n) is 6.46. The molecule has 1 aliphatic rings. The number of aromatic amines is 1. The molecule has 146 valence electrons. The van der Waals surface area contributed by atoms with Crippen molar-refractivity contribution in [1.82, 2.24) is 20.3 Å². The smallest absolute Gasteiger partial charge is 0.255 e. The van der Waals surface area contributed by atoms with Gasteiger partial charge in [0, 0.05) is 19.7 Å². The molecule has 0 radical (unpaired) electrons. The molecule has 1 aromatic carbocycles. The number of benzene rings is 1. The van der Waals surface area contributed by atoms with E-state index in [0.29, 0.717) is 29.2 Å². The van der Waals surface area contributed by atoms with Crippen LogP contribution in [0.2, 0.25) is 0 Å². The predicted molar refractivity (Wildman–Crippen MR) is 105 cm³/mol. The Morgan fingerprint density at radius 1 is 1.29 bits per heavy atom. The first-order chi connectivity index (χ1) is 13.5. The summed E-state index contributed by atoms with van der Waals surface area (Å²) >= 11 is 0. The van der Waals surface area contributed by atoms with E-state index in [1.54, 1.807) is 12.4 Å². The van der Waals surface area contributed by atoms with E-state index >= 15 is 0 Å². The Morgan fingerprint density at radius 3 is 2.79 bits per heavy atom. The standard InChI is InChI=1S/C18H18N4O2.C2H5NO/c1-2-19-18(23)14-9-20-17-16(14)22-15(10-21-17)24-13-7-6-11-4-3-5-12(11)8-13;1-2(3)4/h6-10H,2-5H2,1H3,(H,19,23)(H,20,21);1H3,(H2,3,4). The molecule has 2 aromatic heterocycles. The van der Waals surface area contributed by atoms with Gasteiger partial charge in [0.1, 0.15) is 11.3 Å². The van der Waals surface area contributed by atoms with E-state index in [1.807, 2.05) is 13.0 Å². The largest absolute Gasteiger partial charge is 0.437 e. The normalized spacial score (nSPS) is 12.1. The average molecular weight is 381 g/mol. The van der Waals surface area contributed by atoms with E-state index in [2.05, 4.69) is 38.1 Å². The van der Waals surface area contributed by atoms with Gasteiger partial charge in [0.2, 0.25) is 11.8 Å². The third kappa shape index (κ3) is 4.46. The maximum Gasteiger partial charge on any atom is 0.255 e. The molecule has 3 aromatic rings. The SMILES string of the molecule is CC(N)=O.CCNC(=O)c1c[nH]c2ncc(Oc3ccc4c(c3)CCC4)nc12. The number of nitrogens with one attached hydrogen (secondary N) is 2. The van der Waals surface area contributed by atoms with Crippen molar-refractivity contribution >= 4 is 23.0 Å². The van der Waals surface area contributed by atoms with Crippen LogP contribution in [0.15, 0.2) is 30.6 Å². The number of aryl methyl sites for hydroxylation is 2. The van der Waals surface area contributed by atoms with Crippen molar-refractivity contribution in [3.63, 3.8) is 0 Å². The number of aromatic nitrogens is 3. The van der Waals surface area contributed by atoms with Crippen molar-refractivity contribution < 1.29 is 14.3 Å². The topological polar surface area (TPSA) is 123 Å². The fourth-order valence-electron chi connectivity index (χ4n) is 3.09. The number of carbonyl (C=O) groups is 2. The van der Waals surface area contributed by atoms with Crippen LogP contribution in [0.5, 0.6) is 11.6 Å². The van der Waals surface area contributed by atoms with Gasteiger partial charge in [0.15, 0.2) is 5.65 Å². The van der Waals surface area contributed by atoms with E-state index < -0.39 is 0 Å². The molecule has 1 aliphatic carbocycles. The zero-order valence-electron chi connectivity index (χ0n) is 15.9. The van der Waals surface area contributed by atoms with E-state index in [0.717, 1.165) is 18.6 Å². The summed E-state index contributed by atoms with van der Waals surface area (Å²) in [7, 11) is 0. The Balaban J connectivity index is 0.000000516. The number of ether oxygens (including phenoxy) is 1. The summed E-state index contributed by atoms with van der Waals surface area (Å²) in [5.74, 6) is 0.623. The van der Waals surface area contributed by atoms with Crippen LogP contribution in [0, 0.1) is 0 Å². The van der Waals surface area contributed by atoms with Crippen molar-refractivity contribution in [3.05, 3.63) is 47.3 Å². The molecule has 0 spiro atoms. The lowest BCUT2D eigenvalue weighted by Gasteiger charge is -2.07. The number of H-pyrrole nitrogens is 1. The highest BCUT2D eigenvalue weighted by Crippen LogP contribution is 2.28. The van der Waals surface area contributed by atoms with E-state index in [4.69, 9.17) is 4.74 Å². The molecular formula is C20H23N5O3. The maximum atomic E-state index is 12.1. The Labute approximate surface area is 162 Å². The number of carbonyl (C=O) groups excluding carboxylic acids is 2. The van der Waals surface area contributed by atoms with Gasteiger partial charge in [-0.05, 0) is 49.4 Å². The number of hydrogen-bond donors (Lipinski definition) is 3. The Morgan fingerprint density at radius 2 is 2.04 bits per heavy atom. The first-order valence-electron chi connectivity index (χ1n) is 9.16. The van der Waals surface area contributed by atoms with Crippen LogP contribution in [0.25, 0.3) is 11.2 Å². The lowest BCUT2D eigenvalue weighted by molar-refractivity contribution is -0.115. The van der Waals surface area contributed by atoms with Crippen molar-refractivity contribution in [2.24, 2.45) is 5.73 Å². The molecule has 2 amide bonds. The van der Waals surface area contributed by atoms with Gasteiger partial charge in [0.25, 0.3) is 5.91 Å². The molecule has 28 heavy (non-hydrogen) atoms. The van der Waals surface area contributed by atoms with Crippen LogP contribution < -0.4 is 15.8 Å². The van der Waals surface area contributed by atoms with Gasteiger partial charge in [-0.1, -0.05) is 6.07 Å². The summed E-state index contributed by atoms with van der Waals surface area (Å²) in [6.45, 7) is 3.74. The van der Waals surface area contributed by atoms with Gasteiger partial charge in [-0.15, -0.1) is 0 Å². The fraction of sp³-hybridized carbons (Fsp3) is 0.300. The molecule has 0 bridgehead atoms. The second-order valence-corrected chi connectivity index (χ2v) is 6.46. The van der Waals surface area contributed by atoms with Crippen LogP contribution >= 0.6 is 0 Å². The fourth-order valence-corrected chi connectivity index (χ4v) is 3.09. The lowest BCUT2D eigenvalue weighted by atomic mass is 10.1. The molecule has 0 saturated carbocycles. The Bertz CT molecular complexity index is 1010. The number of fused-ring (bicyclic) bond motifs is 2. The van der Waals surface area contributed by atoms with Crippen molar-refractivity contribution in [2.75, 3.05) is 6.54 Å². The van der Waals surface area contributed by atoms with Crippen LogP contribution in [0.3, 0.4) is 0 Å². The summed E-state index contributed by atoms with van der Waals surface area (Å²) in [5.41, 5.74) is 8.76. The quantitative estimate of drug-likeness (QED) is 0.641. The van der Waals surface area contributed by atoms with Crippen LogP contribution in [-0.2, 0) is 17.6 Å². The maximum absolute atomic E-state index is 12.1. The number of primary amides is 1. The van der Waals surface area contributed by atoms with Crippen LogP contribution in [-0.4, -0.2) is 33.3 Å². The number of rotatable bonds is 4. The summed E-state index contributed by atoms with van der Waals surface area (Å²) in [6, 6.07) is 6.13. The van der Waals surface area contributed by atoms with Gasteiger partial charge >= 0.3 is 0 Å².